The molecule has 1 nitrogen and oxygen atoms in total. The molecule has 0 saturated heterocycles. The summed E-state index contributed by atoms with van der Waals surface area (Å²) in [5, 5.41) is 0. The first-order chi connectivity index (χ1) is 4.36. The van der Waals surface area contributed by atoms with Crippen LogP contribution >= 0.6 is 12.4 Å². The summed E-state index contributed by atoms with van der Waals surface area (Å²) in [5.41, 5.74) is 5.79. The van der Waals surface area contributed by atoms with Gasteiger partial charge in [-0.15, -0.1) is 12.4 Å². The van der Waals surface area contributed by atoms with Crippen molar-refractivity contribution >= 4 is 12.4 Å². The van der Waals surface area contributed by atoms with Gasteiger partial charge in [-0.1, -0.05) is 0 Å². The van der Waals surface area contributed by atoms with E-state index in [0.717, 1.165) is 11.8 Å². The lowest BCUT2D eigenvalue weighted by molar-refractivity contribution is 0.472. The second kappa shape index (κ2) is 3.10. The molecule has 0 bridgehead atoms. The van der Waals surface area contributed by atoms with Crippen molar-refractivity contribution in [2.75, 3.05) is 0 Å². The molecule has 2 fully saturated rings. The molecule has 0 aliphatic heterocycles. The molecule has 2 aliphatic carbocycles. The Kier molecular flexibility index (Phi) is 2.59. The lowest BCUT2D eigenvalue weighted by Gasteiger charge is -2.04. The van der Waals surface area contributed by atoms with Crippen LogP contribution in [0.5, 0.6) is 0 Å². The van der Waals surface area contributed by atoms with Gasteiger partial charge in [0.05, 0.1) is 0 Å². The number of hydrogen-bond acceptors (Lipinski definition) is 1. The van der Waals surface area contributed by atoms with Crippen LogP contribution in [0.4, 0.5) is 0 Å². The maximum atomic E-state index is 5.79. The van der Waals surface area contributed by atoms with Gasteiger partial charge in [0.25, 0.3) is 0 Å². The Morgan fingerprint density at radius 2 is 1.50 bits per heavy atom. The second-order valence-corrected chi connectivity index (χ2v) is 3.67. The van der Waals surface area contributed by atoms with E-state index in [1.54, 1.807) is 0 Å². The molecule has 0 aromatic rings. The number of hydrogen-bond donors (Lipinski definition) is 1. The summed E-state index contributed by atoms with van der Waals surface area (Å²) in [6.45, 7) is 0. The number of nitrogens with two attached hydrogens (primary N) is 1. The maximum absolute atomic E-state index is 5.79. The quantitative estimate of drug-likeness (QED) is 0.625. The van der Waals surface area contributed by atoms with Crippen LogP contribution in [0.25, 0.3) is 0 Å². The fourth-order valence-corrected chi connectivity index (χ4v) is 2.05. The lowest BCUT2D eigenvalue weighted by atomic mass is 10.0. The predicted octanol–water partition coefficient (Wildman–Crippen LogP) is 1.95. The molecule has 2 N–H and O–H groups in total. The molecular weight excluding hydrogens is 146 g/mol. The summed E-state index contributed by atoms with van der Waals surface area (Å²) in [4.78, 5) is 0. The van der Waals surface area contributed by atoms with E-state index in [1.165, 1.54) is 32.1 Å². The summed E-state index contributed by atoms with van der Waals surface area (Å²) in [5.74, 6) is 2.12. The highest BCUT2D eigenvalue weighted by Gasteiger charge is 2.35. The largest absolute Gasteiger partial charge is 0.328 e. The van der Waals surface area contributed by atoms with Crippen molar-refractivity contribution in [1.82, 2.24) is 0 Å². The summed E-state index contributed by atoms with van der Waals surface area (Å²) in [6, 6.07) is 0.551. The van der Waals surface area contributed by atoms with Crippen LogP contribution in [0.2, 0.25) is 0 Å². The molecule has 2 saturated carbocycles. The monoisotopic (exact) mass is 161 g/mol. The van der Waals surface area contributed by atoms with Crippen molar-refractivity contribution in [3.05, 3.63) is 0 Å². The van der Waals surface area contributed by atoms with Gasteiger partial charge >= 0.3 is 0 Å². The zero-order valence-corrected chi connectivity index (χ0v) is 7.07. The second-order valence-electron chi connectivity index (χ2n) is 3.67. The van der Waals surface area contributed by atoms with Crippen molar-refractivity contribution < 1.29 is 0 Å². The third-order valence-corrected chi connectivity index (χ3v) is 2.80. The summed E-state index contributed by atoms with van der Waals surface area (Å²) >= 11 is 0. The highest BCUT2D eigenvalue weighted by atomic mass is 35.5. The number of rotatable bonds is 1. The minimum atomic E-state index is 0. The molecule has 2 unspecified atom stereocenters. The fraction of sp³-hybridized carbons (Fsp3) is 1.00. The molecule has 2 aliphatic rings. The van der Waals surface area contributed by atoms with E-state index in [2.05, 4.69) is 0 Å². The SMILES string of the molecule is Cl.NC1CCC(C2CC2)C1. The molecule has 0 spiro atoms. The highest BCUT2D eigenvalue weighted by Crippen LogP contribution is 2.44. The van der Waals surface area contributed by atoms with Crippen LogP contribution in [-0.2, 0) is 0 Å². The van der Waals surface area contributed by atoms with Gasteiger partial charge in [0, 0.05) is 6.04 Å². The third-order valence-electron chi connectivity index (χ3n) is 2.80. The van der Waals surface area contributed by atoms with Gasteiger partial charge in [-0.05, 0) is 43.9 Å². The summed E-state index contributed by atoms with van der Waals surface area (Å²) < 4.78 is 0. The topological polar surface area (TPSA) is 26.0 Å². The van der Waals surface area contributed by atoms with Gasteiger partial charge in [0.1, 0.15) is 0 Å². The molecule has 2 atom stereocenters. The molecule has 0 radical (unpaired) electrons. The smallest absolute Gasteiger partial charge is 0.00416 e. The van der Waals surface area contributed by atoms with Crippen LogP contribution < -0.4 is 5.73 Å². The first kappa shape index (κ1) is 8.35. The van der Waals surface area contributed by atoms with Crippen LogP contribution in [0, 0.1) is 11.8 Å². The van der Waals surface area contributed by atoms with E-state index in [9.17, 15) is 0 Å². The van der Waals surface area contributed by atoms with Crippen molar-refractivity contribution in [2.24, 2.45) is 17.6 Å². The third kappa shape index (κ3) is 1.64. The molecule has 0 aromatic heterocycles. The zero-order chi connectivity index (χ0) is 6.27. The van der Waals surface area contributed by atoms with Gasteiger partial charge in [-0.2, -0.15) is 0 Å². The van der Waals surface area contributed by atoms with E-state index < -0.39 is 0 Å². The van der Waals surface area contributed by atoms with Crippen LogP contribution in [0.15, 0.2) is 0 Å². The summed E-state index contributed by atoms with van der Waals surface area (Å²) in [6.07, 6.45) is 7.03. The minimum absolute atomic E-state index is 0. The van der Waals surface area contributed by atoms with E-state index >= 15 is 0 Å². The molecule has 0 heterocycles. The minimum Gasteiger partial charge on any atom is -0.328 e. The van der Waals surface area contributed by atoms with Gasteiger partial charge < -0.3 is 5.73 Å². The van der Waals surface area contributed by atoms with E-state index in [1.807, 2.05) is 0 Å². The molecule has 2 heteroatoms. The average Bonchev–Trinajstić information content (AvgIpc) is 2.58. The lowest BCUT2D eigenvalue weighted by Crippen LogP contribution is -2.15. The maximum Gasteiger partial charge on any atom is 0.00416 e. The first-order valence-electron chi connectivity index (χ1n) is 4.12. The van der Waals surface area contributed by atoms with Gasteiger partial charge in [-0.25, -0.2) is 0 Å². The standard InChI is InChI=1S/C8H15N.ClH/c9-8-4-3-7(5-8)6-1-2-6;/h6-8H,1-5,9H2;1H. The van der Waals surface area contributed by atoms with Crippen molar-refractivity contribution in [1.29, 1.82) is 0 Å². The fourth-order valence-electron chi connectivity index (χ4n) is 2.05. The summed E-state index contributed by atoms with van der Waals surface area (Å²) in [7, 11) is 0. The number of halogens is 1. The van der Waals surface area contributed by atoms with E-state index in [0.29, 0.717) is 6.04 Å². The Labute approximate surface area is 68.8 Å². The Bertz CT molecular complexity index is 112. The van der Waals surface area contributed by atoms with Gasteiger partial charge in [0.15, 0.2) is 0 Å². The Morgan fingerprint density at radius 3 is 1.90 bits per heavy atom. The normalized spacial score (nSPS) is 39.3. The molecule has 2 rings (SSSR count). The van der Waals surface area contributed by atoms with E-state index in [4.69, 9.17) is 5.73 Å². The predicted molar refractivity (Wildman–Crippen MR) is 45.3 cm³/mol. The Morgan fingerprint density at radius 1 is 0.900 bits per heavy atom. The van der Waals surface area contributed by atoms with E-state index in [-0.39, 0.29) is 12.4 Å². The molecule has 0 aromatic carbocycles. The zero-order valence-electron chi connectivity index (χ0n) is 6.25. The van der Waals surface area contributed by atoms with Crippen LogP contribution in [0.1, 0.15) is 32.1 Å². The van der Waals surface area contributed by atoms with Crippen molar-refractivity contribution in [3.63, 3.8) is 0 Å². The molecule has 60 valence electrons. The first-order valence-corrected chi connectivity index (χ1v) is 4.12. The van der Waals surface area contributed by atoms with Gasteiger partial charge in [-0.3, -0.25) is 0 Å². The van der Waals surface area contributed by atoms with Crippen LogP contribution in [-0.4, -0.2) is 6.04 Å². The van der Waals surface area contributed by atoms with Crippen LogP contribution in [0.3, 0.4) is 0 Å². The molecule has 10 heavy (non-hydrogen) atoms. The van der Waals surface area contributed by atoms with Crippen molar-refractivity contribution in [3.8, 4) is 0 Å². The Balaban J connectivity index is 0.000000500. The molecular formula is C8H16ClN. The highest BCUT2D eigenvalue weighted by molar-refractivity contribution is 5.85. The average molecular weight is 162 g/mol. The van der Waals surface area contributed by atoms with Gasteiger partial charge in [0.2, 0.25) is 0 Å². The van der Waals surface area contributed by atoms with Crippen molar-refractivity contribution in [2.45, 2.75) is 38.1 Å². The Hall–Kier alpha value is 0.250. The molecule has 0 amide bonds.